The lowest BCUT2D eigenvalue weighted by atomic mass is 9.75. The number of amides is 1. The van der Waals surface area contributed by atoms with Gasteiger partial charge in [-0.1, -0.05) is 19.9 Å². The summed E-state index contributed by atoms with van der Waals surface area (Å²) < 4.78 is 10.7. The molecular weight excluding hydrogens is 359 g/mol. The number of ether oxygens (including phenoxy) is 1. The Morgan fingerprint density at radius 1 is 1.32 bits per heavy atom. The lowest BCUT2D eigenvalue weighted by Crippen LogP contribution is -2.46. The first-order valence-electron chi connectivity index (χ1n) is 10.0. The fourth-order valence-electron chi connectivity index (χ4n) is 3.84. The number of nitrogens with zero attached hydrogens (tertiary/aromatic N) is 1. The van der Waals surface area contributed by atoms with Gasteiger partial charge in [-0.25, -0.2) is 4.79 Å². The van der Waals surface area contributed by atoms with Gasteiger partial charge in [0.25, 0.3) is 5.91 Å². The number of rotatable bonds is 7. The maximum Gasteiger partial charge on any atom is 0.492 e. The summed E-state index contributed by atoms with van der Waals surface area (Å²) >= 11 is 0. The fourth-order valence-corrected chi connectivity index (χ4v) is 3.84. The minimum Gasteiger partial charge on any atom is -0.463 e. The molecule has 0 unspecified atom stereocenters. The second kappa shape index (κ2) is 9.07. The number of nitrogens with one attached hydrogen (secondary N) is 1. The quantitative estimate of drug-likeness (QED) is 0.526. The number of carbonyl (C=O) groups is 2. The van der Waals surface area contributed by atoms with E-state index >= 15 is 0 Å². The Morgan fingerprint density at radius 3 is 2.71 bits per heavy atom. The van der Waals surface area contributed by atoms with E-state index in [1.54, 1.807) is 19.1 Å². The lowest BCUT2D eigenvalue weighted by molar-refractivity contribution is -0.147. The summed E-state index contributed by atoms with van der Waals surface area (Å²) in [4.78, 5) is 27.6. The Morgan fingerprint density at radius 2 is 2.04 bits per heavy atom. The van der Waals surface area contributed by atoms with Crippen LogP contribution in [-0.4, -0.2) is 61.2 Å². The zero-order chi connectivity index (χ0) is 20.3. The van der Waals surface area contributed by atoms with E-state index < -0.39 is 19.1 Å². The highest BCUT2D eigenvalue weighted by atomic mass is 16.5. The molecule has 152 valence electrons. The molecule has 8 heteroatoms. The topological polar surface area (TPSA) is 88.1 Å². The zero-order valence-electron chi connectivity index (χ0n) is 16.9. The molecule has 2 aliphatic heterocycles. The molecule has 0 bridgehead atoms. The van der Waals surface area contributed by atoms with Crippen LogP contribution < -0.4 is 10.8 Å². The molecule has 1 saturated heterocycles. The maximum absolute atomic E-state index is 12.8. The molecule has 2 heterocycles. The SMILES string of the molecule is Cc1c(C(=O)N[C@H](C(=O)OCCN2CCCC2)C(C)C)ccc2c1B(O)OC2. The molecule has 2 aliphatic rings. The molecule has 28 heavy (non-hydrogen) atoms. The predicted octanol–water partition coefficient (Wildman–Crippen LogP) is 0.606. The van der Waals surface area contributed by atoms with Crippen LogP contribution >= 0.6 is 0 Å². The summed E-state index contributed by atoms with van der Waals surface area (Å²) in [6.45, 7) is 9.02. The molecule has 1 atom stereocenters. The van der Waals surface area contributed by atoms with Gasteiger partial charge in [-0.05, 0) is 61.4 Å². The minimum absolute atomic E-state index is 0.105. The highest BCUT2D eigenvalue weighted by Crippen LogP contribution is 2.17. The van der Waals surface area contributed by atoms with Gasteiger partial charge in [0.15, 0.2) is 0 Å². The van der Waals surface area contributed by atoms with Crippen LogP contribution in [0.15, 0.2) is 12.1 Å². The summed E-state index contributed by atoms with van der Waals surface area (Å²) in [7, 11) is -1.01. The number of hydrogen-bond donors (Lipinski definition) is 2. The number of carbonyl (C=O) groups excluding carboxylic acids is 2. The summed E-state index contributed by atoms with van der Waals surface area (Å²) in [6.07, 6.45) is 2.39. The Kier molecular flexibility index (Phi) is 6.75. The lowest BCUT2D eigenvalue weighted by Gasteiger charge is -2.22. The molecule has 3 rings (SSSR count). The van der Waals surface area contributed by atoms with E-state index in [1.165, 1.54) is 12.8 Å². The molecule has 1 aromatic carbocycles. The Balaban J connectivity index is 1.63. The molecule has 0 saturated carbocycles. The van der Waals surface area contributed by atoms with Crippen LogP contribution in [0.2, 0.25) is 0 Å². The summed E-state index contributed by atoms with van der Waals surface area (Å²) in [6, 6.07) is 2.77. The number of benzene rings is 1. The van der Waals surface area contributed by atoms with Gasteiger partial charge in [0.05, 0.1) is 6.61 Å². The average molecular weight is 388 g/mol. The van der Waals surface area contributed by atoms with E-state index in [-0.39, 0.29) is 11.8 Å². The molecule has 2 N–H and O–H groups in total. The average Bonchev–Trinajstić information content (AvgIpc) is 3.29. The number of esters is 1. The summed E-state index contributed by atoms with van der Waals surface area (Å²) in [5.41, 5.74) is 2.62. The molecule has 0 aliphatic carbocycles. The van der Waals surface area contributed by atoms with Gasteiger partial charge in [0.2, 0.25) is 0 Å². The van der Waals surface area contributed by atoms with Crippen LogP contribution in [0.5, 0.6) is 0 Å². The molecule has 0 radical (unpaired) electrons. The maximum atomic E-state index is 12.8. The minimum atomic E-state index is -1.01. The van der Waals surface area contributed by atoms with Crippen molar-refractivity contribution in [1.29, 1.82) is 0 Å². The second-order valence-corrected chi connectivity index (χ2v) is 7.89. The van der Waals surface area contributed by atoms with Crippen molar-refractivity contribution < 1.29 is 24.0 Å². The largest absolute Gasteiger partial charge is 0.492 e. The standard InChI is InChI=1S/C20H29BN2O5/c1-13(2)18(20(25)27-11-10-23-8-4-5-9-23)22-19(24)16-7-6-15-12-28-21(26)17(15)14(16)3/h6-7,13,18,26H,4-5,8-12H2,1-3H3,(H,22,24)/t18-/m0/s1. The molecule has 0 aromatic heterocycles. The van der Waals surface area contributed by atoms with Gasteiger partial charge < -0.3 is 19.7 Å². The van der Waals surface area contributed by atoms with Crippen LogP contribution in [-0.2, 0) is 20.8 Å². The number of hydrogen-bond acceptors (Lipinski definition) is 6. The van der Waals surface area contributed by atoms with Crippen LogP contribution in [0.1, 0.15) is 48.2 Å². The van der Waals surface area contributed by atoms with Gasteiger partial charge in [0, 0.05) is 12.1 Å². The molecule has 1 fully saturated rings. The zero-order valence-corrected chi connectivity index (χ0v) is 16.9. The molecule has 7 nitrogen and oxygen atoms in total. The monoisotopic (exact) mass is 388 g/mol. The van der Waals surface area contributed by atoms with E-state index in [9.17, 15) is 14.6 Å². The molecule has 0 spiro atoms. The normalized spacial score (nSPS) is 17.7. The first-order valence-corrected chi connectivity index (χ1v) is 10.0. The Hall–Kier alpha value is -1.90. The van der Waals surface area contributed by atoms with Crippen LogP contribution in [0.3, 0.4) is 0 Å². The van der Waals surface area contributed by atoms with E-state index in [1.807, 2.05) is 13.8 Å². The van der Waals surface area contributed by atoms with Gasteiger partial charge in [-0.2, -0.15) is 0 Å². The third-order valence-corrected chi connectivity index (χ3v) is 5.55. The van der Waals surface area contributed by atoms with Crippen molar-refractivity contribution in [2.45, 2.75) is 46.3 Å². The smallest absolute Gasteiger partial charge is 0.463 e. The van der Waals surface area contributed by atoms with Crippen molar-refractivity contribution in [1.82, 2.24) is 10.2 Å². The highest BCUT2D eigenvalue weighted by molar-refractivity contribution is 6.62. The van der Waals surface area contributed by atoms with Crippen molar-refractivity contribution in [3.05, 3.63) is 28.8 Å². The van der Waals surface area contributed by atoms with Crippen LogP contribution in [0.25, 0.3) is 0 Å². The molecule has 1 amide bonds. The van der Waals surface area contributed by atoms with E-state index in [4.69, 9.17) is 9.39 Å². The van der Waals surface area contributed by atoms with Gasteiger partial charge in [-0.15, -0.1) is 0 Å². The number of likely N-dealkylation sites (tertiary alicyclic amines) is 1. The first-order chi connectivity index (χ1) is 13.4. The predicted molar refractivity (Wildman–Crippen MR) is 106 cm³/mol. The fraction of sp³-hybridized carbons (Fsp3) is 0.600. The van der Waals surface area contributed by atoms with Crippen molar-refractivity contribution in [3.63, 3.8) is 0 Å². The summed E-state index contributed by atoms with van der Waals surface area (Å²) in [5.74, 6) is -0.869. The van der Waals surface area contributed by atoms with E-state index in [0.29, 0.717) is 29.8 Å². The third kappa shape index (κ3) is 4.56. The highest BCUT2D eigenvalue weighted by Gasteiger charge is 2.32. The van der Waals surface area contributed by atoms with Gasteiger partial charge in [-0.3, -0.25) is 9.69 Å². The number of fused-ring (bicyclic) bond motifs is 1. The van der Waals surface area contributed by atoms with Crippen molar-refractivity contribution in [2.75, 3.05) is 26.2 Å². The van der Waals surface area contributed by atoms with Crippen molar-refractivity contribution in [3.8, 4) is 0 Å². The van der Waals surface area contributed by atoms with Crippen molar-refractivity contribution >= 4 is 24.5 Å². The molecular formula is C20H29BN2O5. The second-order valence-electron chi connectivity index (χ2n) is 7.89. The van der Waals surface area contributed by atoms with Crippen LogP contribution in [0, 0.1) is 12.8 Å². The summed E-state index contributed by atoms with van der Waals surface area (Å²) in [5, 5.41) is 12.8. The third-order valence-electron chi connectivity index (χ3n) is 5.55. The van der Waals surface area contributed by atoms with Gasteiger partial charge in [0.1, 0.15) is 12.6 Å². The molecule has 1 aromatic rings. The Labute approximate surface area is 166 Å². The van der Waals surface area contributed by atoms with E-state index in [2.05, 4.69) is 10.2 Å². The first kappa shape index (κ1) is 20.8. The van der Waals surface area contributed by atoms with Crippen molar-refractivity contribution in [2.24, 2.45) is 5.92 Å². The van der Waals surface area contributed by atoms with Gasteiger partial charge >= 0.3 is 13.1 Å². The Bertz CT molecular complexity index is 734. The van der Waals surface area contributed by atoms with Crippen LogP contribution in [0.4, 0.5) is 0 Å². The van der Waals surface area contributed by atoms with E-state index in [0.717, 1.165) is 25.2 Å².